The molecule has 0 aliphatic heterocycles. The maximum absolute atomic E-state index is 10.3. The Labute approximate surface area is 129 Å². The van der Waals surface area contributed by atoms with Gasteiger partial charge in [0.15, 0.2) is 0 Å². The first-order valence-electron chi connectivity index (χ1n) is 6.19. The summed E-state index contributed by atoms with van der Waals surface area (Å²) in [5, 5.41) is 23.6. The summed E-state index contributed by atoms with van der Waals surface area (Å²) in [5.41, 5.74) is -0.303. The second kappa shape index (κ2) is 18.1. The number of allylic oxidation sites excluding steroid dienone is 1. The molecule has 0 aliphatic carbocycles. The minimum atomic E-state index is -1.27. The molecule has 0 radical (unpaired) electrons. The zero-order chi connectivity index (χ0) is 18.0. The molecule has 0 unspecified atom stereocenters. The predicted molar refractivity (Wildman–Crippen MR) is 80.9 cm³/mol. The van der Waals surface area contributed by atoms with E-state index in [0.717, 1.165) is 12.8 Å². The van der Waals surface area contributed by atoms with E-state index in [1.54, 1.807) is 6.07 Å². The lowest BCUT2D eigenvalue weighted by molar-refractivity contribution is -0.139. The van der Waals surface area contributed by atoms with Gasteiger partial charge >= 0.3 is 17.9 Å². The molecule has 0 spiro atoms. The van der Waals surface area contributed by atoms with Crippen molar-refractivity contribution < 1.29 is 29.3 Å². The summed E-state index contributed by atoms with van der Waals surface area (Å²) in [7, 11) is 0. The van der Waals surface area contributed by atoms with Gasteiger partial charge in [0.25, 0.3) is 0 Å². The highest BCUT2D eigenvalue weighted by Crippen LogP contribution is 1.95. The van der Waals surface area contributed by atoms with Gasteiger partial charge in [-0.15, -0.1) is 0 Å². The number of nitrogens with zero attached hydrogens (tertiary/aromatic N) is 1. The van der Waals surface area contributed by atoms with Crippen LogP contribution < -0.4 is 0 Å². The lowest BCUT2D eigenvalue weighted by Crippen LogP contribution is -2.04. The molecule has 0 aromatic rings. The van der Waals surface area contributed by atoms with E-state index in [1.807, 2.05) is 6.92 Å². The number of unbranched alkanes of at least 4 members (excludes halogenated alkanes) is 1. The van der Waals surface area contributed by atoms with Crippen LogP contribution in [0.3, 0.4) is 0 Å². The molecule has 22 heavy (non-hydrogen) atoms. The third-order valence-electron chi connectivity index (χ3n) is 1.67. The average molecular weight is 311 g/mol. The fourth-order valence-electron chi connectivity index (χ4n) is 0.634. The number of hydrogen-bond acceptors (Lipinski definition) is 5. The van der Waals surface area contributed by atoms with Crippen LogP contribution in [0.25, 0.3) is 0 Å². The summed E-state index contributed by atoms with van der Waals surface area (Å²) in [5.74, 6) is -2.77. The molecule has 0 fully saturated rings. The number of nitriles is 1. The van der Waals surface area contributed by atoms with Crippen LogP contribution in [0.4, 0.5) is 0 Å². The number of carbonyl (C=O) groups is 3. The van der Waals surface area contributed by atoms with Crippen molar-refractivity contribution in [2.24, 2.45) is 0 Å². The van der Waals surface area contributed by atoms with Crippen LogP contribution in [0.1, 0.15) is 26.2 Å². The van der Waals surface area contributed by atoms with Crippen LogP contribution in [0.15, 0.2) is 37.5 Å². The summed E-state index contributed by atoms with van der Waals surface area (Å²) < 4.78 is 4.67. The molecule has 0 aromatic heterocycles. The molecule has 7 nitrogen and oxygen atoms in total. The topological polar surface area (TPSA) is 125 Å². The molecule has 0 heterocycles. The van der Waals surface area contributed by atoms with Gasteiger partial charge in [-0.1, -0.05) is 33.1 Å². The van der Waals surface area contributed by atoms with E-state index in [4.69, 9.17) is 15.5 Å². The smallest absolute Gasteiger partial charge is 0.331 e. The lowest BCUT2D eigenvalue weighted by Gasteiger charge is -1.97. The molecule has 0 aromatic carbocycles. The van der Waals surface area contributed by atoms with E-state index in [9.17, 15) is 14.4 Å². The highest BCUT2D eigenvalue weighted by atomic mass is 16.5. The number of carboxylic acid groups (broad SMARTS) is 2. The van der Waals surface area contributed by atoms with Gasteiger partial charge in [0.05, 0.1) is 19.1 Å². The van der Waals surface area contributed by atoms with E-state index in [2.05, 4.69) is 24.5 Å². The van der Waals surface area contributed by atoms with Crippen molar-refractivity contribution in [3.63, 3.8) is 0 Å². The highest BCUT2D eigenvalue weighted by Gasteiger charge is 2.07. The van der Waals surface area contributed by atoms with Crippen molar-refractivity contribution >= 4 is 17.9 Å². The molecule has 0 saturated heterocycles. The number of carbonyl (C=O) groups excluding carboxylic acids is 1. The van der Waals surface area contributed by atoms with Crippen molar-refractivity contribution in [3.8, 4) is 6.07 Å². The van der Waals surface area contributed by atoms with Gasteiger partial charge in [-0.2, -0.15) is 5.26 Å². The van der Waals surface area contributed by atoms with Crippen molar-refractivity contribution in [2.45, 2.75) is 26.2 Å². The van der Waals surface area contributed by atoms with E-state index >= 15 is 0 Å². The van der Waals surface area contributed by atoms with E-state index in [1.165, 1.54) is 12.2 Å². The van der Waals surface area contributed by atoms with Gasteiger partial charge in [0.1, 0.15) is 0 Å². The maximum Gasteiger partial charge on any atom is 0.331 e. The summed E-state index contributed by atoms with van der Waals surface area (Å²) in [6, 6.07) is 1.69. The van der Waals surface area contributed by atoms with Crippen molar-refractivity contribution in [3.05, 3.63) is 37.5 Å². The van der Waals surface area contributed by atoms with Crippen LogP contribution in [0.2, 0.25) is 0 Å². The van der Waals surface area contributed by atoms with Crippen LogP contribution >= 0.6 is 0 Å². The van der Waals surface area contributed by atoms with Crippen LogP contribution in [0, 0.1) is 11.3 Å². The molecule has 0 saturated carbocycles. The minimum Gasteiger partial charge on any atom is -0.481 e. The Morgan fingerprint density at radius 3 is 2.00 bits per heavy atom. The lowest BCUT2D eigenvalue weighted by atomic mass is 10.2. The van der Waals surface area contributed by atoms with E-state index in [0.29, 0.717) is 6.61 Å². The summed E-state index contributed by atoms with van der Waals surface area (Å²) in [6.07, 6.45) is 3.83. The Morgan fingerprint density at radius 2 is 1.77 bits per heavy atom. The Kier molecular flexibility index (Phi) is 19.9. The van der Waals surface area contributed by atoms with E-state index < -0.39 is 18.4 Å². The first-order valence-corrected chi connectivity index (χ1v) is 6.19. The van der Waals surface area contributed by atoms with Crippen LogP contribution in [0.5, 0.6) is 0 Å². The molecule has 7 heteroatoms. The zero-order valence-electron chi connectivity index (χ0n) is 12.6. The Hall–Kier alpha value is -2.88. The first-order chi connectivity index (χ1) is 10.3. The third kappa shape index (κ3) is 25.8. The van der Waals surface area contributed by atoms with Gasteiger partial charge in [0, 0.05) is 17.7 Å². The van der Waals surface area contributed by atoms with Crippen molar-refractivity contribution in [1.29, 1.82) is 5.26 Å². The number of carboxylic acids is 2. The largest absolute Gasteiger partial charge is 0.481 e. The van der Waals surface area contributed by atoms with Crippen molar-refractivity contribution in [2.75, 3.05) is 6.61 Å². The van der Waals surface area contributed by atoms with E-state index in [-0.39, 0.29) is 11.5 Å². The molecular weight excluding hydrogens is 290 g/mol. The van der Waals surface area contributed by atoms with Gasteiger partial charge in [-0.05, 0) is 6.42 Å². The zero-order valence-corrected chi connectivity index (χ0v) is 12.6. The number of aliphatic carboxylic acids is 2. The molecule has 0 aliphatic rings. The average Bonchev–Trinajstić information content (AvgIpc) is 2.47. The SMILES string of the molecule is C=C(CC(=O)O)C(=O)O.C=CC#N.C=CC(=O)OCCCC. The Balaban J connectivity index is -0.000000266. The maximum atomic E-state index is 10.3. The predicted octanol–water partition coefficient (Wildman–Crippen LogP) is 2.31. The van der Waals surface area contributed by atoms with Gasteiger partial charge in [-0.25, -0.2) is 9.59 Å². The van der Waals surface area contributed by atoms with Crippen molar-refractivity contribution in [1.82, 2.24) is 0 Å². The van der Waals surface area contributed by atoms with Gasteiger partial charge in [-0.3, -0.25) is 4.79 Å². The summed E-state index contributed by atoms with van der Waals surface area (Å²) in [4.78, 5) is 30.0. The first kappa shape index (κ1) is 24.2. The second-order valence-electron chi connectivity index (χ2n) is 3.54. The number of ether oxygens (including phenoxy) is 1. The number of hydrogen-bond donors (Lipinski definition) is 2. The minimum absolute atomic E-state index is 0.303. The van der Waals surface area contributed by atoms with Gasteiger partial charge in [0.2, 0.25) is 0 Å². The fraction of sp³-hybridized carbons (Fsp3) is 0.333. The molecule has 0 bridgehead atoms. The summed E-state index contributed by atoms with van der Waals surface area (Å²) in [6.45, 7) is 12.0. The molecule has 122 valence electrons. The number of esters is 1. The number of rotatable bonds is 7. The third-order valence-corrected chi connectivity index (χ3v) is 1.67. The Morgan fingerprint density at radius 1 is 1.27 bits per heavy atom. The molecule has 0 atom stereocenters. The van der Waals surface area contributed by atoms with Gasteiger partial charge < -0.3 is 14.9 Å². The standard InChI is InChI=1S/C7H12O2.C5H6O4.C3H3N/c1-3-5-6-9-7(8)4-2;1-3(5(8)9)2-4(6)7;1-2-3-4/h4H,2-3,5-6H2,1H3;1-2H2,(H,6,7)(H,8,9);2H,1H2. The highest BCUT2D eigenvalue weighted by molar-refractivity contribution is 5.91. The molecular formula is C15H21NO6. The second-order valence-corrected chi connectivity index (χ2v) is 3.54. The van der Waals surface area contributed by atoms with Crippen LogP contribution in [-0.4, -0.2) is 34.7 Å². The molecule has 0 amide bonds. The quantitative estimate of drug-likeness (QED) is 0.320. The molecule has 2 N–H and O–H groups in total. The van der Waals surface area contributed by atoms with Crippen LogP contribution in [-0.2, 0) is 19.1 Å². The fourth-order valence-corrected chi connectivity index (χ4v) is 0.634. The normalized spacial score (nSPS) is 7.64. The summed E-state index contributed by atoms with van der Waals surface area (Å²) >= 11 is 0. The Bertz CT molecular complexity index is 434. The molecule has 0 rings (SSSR count). The monoisotopic (exact) mass is 311 g/mol.